The van der Waals surface area contributed by atoms with E-state index in [1.54, 1.807) is 37.5 Å². The highest BCUT2D eigenvalue weighted by molar-refractivity contribution is 5.93. The smallest absolute Gasteiger partial charge is 0.444 e. The van der Waals surface area contributed by atoms with Crippen LogP contribution in [-0.2, 0) is 9.53 Å². The monoisotopic (exact) mass is 719 g/mol. The van der Waals surface area contributed by atoms with Crippen LogP contribution in [0.3, 0.4) is 0 Å². The predicted molar refractivity (Wildman–Crippen MR) is 191 cm³/mol. The van der Waals surface area contributed by atoms with E-state index in [-0.39, 0.29) is 29.8 Å². The number of aromatic nitrogens is 2. The number of ether oxygens (including phenoxy) is 1. The lowest BCUT2D eigenvalue weighted by atomic mass is 10.0. The molecule has 3 N–H and O–H groups in total. The third-order valence-electron chi connectivity index (χ3n) is 7.90. The number of nitrogens with two attached hydrogens (primary N) is 1. The Bertz CT molecular complexity index is 1740. The minimum Gasteiger partial charge on any atom is -0.444 e. The highest BCUT2D eigenvalue weighted by Crippen LogP contribution is 2.29. The molecule has 2 aromatic heterocycles. The van der Waals surface area contributed by atoms with Gasteiger partial charge in [0.05, 0.1) is 0 Å². The first kappa shape index (κ1) is 39.2. The van der Waals surface area contributed by atoms with Gasteiger partial charge in [-0.2, -0.15) is 13.2 Å². The first-order chi connectivity index (χ1) is 24.5. The predicted octanol–water partition coefficient (Wildman–Crippen LogP) is 7.94. The zero-order valence-electron chi connectivity index (χ0n) is 30.4. The first-order valence-corrected chi connectivity index (χ1v) is 16.7. The van der Waals surface area contributed by atoms with Gasteiger partial charge < -0.3 is 25.6 Å². The largest absolute Gasteiger partial charge is 0.446 e. The fraction of sp³-hybridized carbons (Fsp3) is 0.459. The average Bonchev–Trinajstić information content (AvgIpc) is 3.08. The van der Waals surface area contributed by atoms with Gasteiger partial charge in [-0.15, -0.1) is 0 Å². The van der Waals surface area contributed by atoms with Crippen molar-refractivity contribution in [3.8, 4) is 0 Å². The number of hydrogen-bond donors (Lipinski definition) is 2. The maximum absolute atomic E-state index is 13.6. The minimum atomic E-state index is -4.64. The minimum absolute atomic E-state index is 0.0813. The number of carbonyl (C=O) groups excluding carboxylic acids is 2. The van der Waals surface area contributed by atoms with Crippen molar-refractivity contribution in [2.45, 2.75) is 84.1 Å². The number of halogens is 5. The molecule has 2 aromatic carbocycles. The van der Waals surface area contributed by atoms with Gasteiger partial charge in [0.15, 0.2) is 0 Å². The number of benzene rings is 2. The summed E-state index contributed by atoms with van der Waals surface area (Å²) in [6, 6.07) is 13.8. The highest BCUT2D eigenvalue weighted by atomic mass is 19.4. The van der Waals surface area contributed by atoms with Gasteiger partial charge in [-0.05, 0) is 93.6 Å². The molecule has 0 bridgehead atoms. The number of fused-ring (bicyclic) bond motifs is 2. The van der Waals surface area contributed by atoms with Gasteiger partial charge in [0, 0.05) is 62.8 Å². The second-order valence-electron chi connectivity index (χ2n) is 12.9. The van der Waals surface area contributed by atoms with Crippen molar-refractivity contribution in [2.24, 2.45) is 5.73 Å². The van der Waals surface area contributed by atoms with Crippen LogP contribution >= 0.6 is 0 Å². The molecule has 4 heterocycles. The van der Waals surface area contributed by atoms with Crippen LogP contribution in [-0.4, -0.2) is 72.4 Å². The number of anilines is 2. The van der Waals surface area contributed by atoms with Crippen LogP contribution in [0.4, 0.5) is 38.4 Å². The van der Waals surface area contributed by atoms with Gasteiger partial charge >= 0.3 is 12.3 Å². The fourth-order valence-corrected chi connectivity index (χ4v) is 5.58. The molecule has 6 rings (SSSR count). The summed E-state index contributed by atoms with van der Waals surface area (Å²) in [6.45, 7) is 11.1. The Morgan fingerprint density at radius 1 is 0.863 bits per heavy atom. The average molecular weight is 720 g/mol. The number of nitrogens with zero attached hydrogens (tertiary/aromatic N) is 4. The van der Waals surface area contributed by atoms with Crippen molar-refractivity contribution < 1.29 is 37.6 Å². The molecule has 0 radical (unpaired) electrons. The number of alkyl halides is 3. The Labute approximate surface area is 296 Å². The number of alkyl carbamates (subject to hydrolysis) is 1. The van der Waals surface area contributed by atoms with Crippen LogP contribution in [0.2, 0.25) is 0 Å². The SMILES string of the molecule is CC(C)(C)OC(=O)NC1CCN(c2nccc3ccc(F)cc23)CC1.NC1CCN(c2nccc3ccc(F)cc23)CC1.O=CC(F)(F)F.[2H]CC. The van der Waals surface area contributed by atoms with Crippen molar-refractivity contribution in [1.29, 1.82) is 0 Å². The Hall–Kier alpha value is -4.59. The van der Waals surface area contributed by atoms with Crippen molar-refractivity contribution >= 4 is 45.6 Å². The number of nitrogens with one attached hydrogen (secondary N) is 1. The van der Waals surface area contributed by atoms with Gasteiger partial charge in [-0.1, -0.05) is 26.0 Å². The molecule has 0 saturated carbocycles. The molecule has 0 unspecified atom stereocenters. The molecule has 0 aliphatic carbocycles. The van der Waals surface area contributed by atoms with Crippen LogP contribution in [0.25, 0.3) is 21.5 Å². The molecule has 1 amide bonds. The molecule has 9 nitrogen and oxygen atoms in total. The van der Waals surface area contributed by atoms with Gasteiger partial charge in [-0.25, -0.2) is 23.5 Å². The van der Waals surface area contributed by atoms with E-state index in [2.05, 4.69) is 25.1 Å². The van der Waals surface area contributed by atoms with Crippen LogP contribution < -0.4 is 20.9 Å². The number of hydrogen-bond acceptors (Lipinski definition) is 8. The summed E-state index contributed by atoms with van der Waals surface area (Å²) >= 11 is 0. The normalized spacial score (nSPS) is 15.7. The summed E-state index contributed by atoms with van der Waals surface area (Å²) in [5.41, 5.74) is 5.41. The molecular weight excluding hydrogens is 671 g/mol. The third kappa shape index (κ3) is 12.9. The van der Waals surface area contributed by atoms with E-state index in [9.17, 15) is 26.7 Å². The first-order valence-electron chi connectivity index (χ1n) is 17.4. The van der Waals surface area contributed by atoms with Gasteiger partial charge in [0.1, 0.15) is 28.9 Å². The van der Waals surface area contributed by atoms with Gasteiger partial charge in [0.25, 0.3) is 0 Å². The van der Waals surface area contributed by atoms with E-state index in [1.165, 1.54) is 18.2 Å². The van der Waals surface area contributed by atoms with Crippen molar-refractivity contribution in [2.75, 3.05) is 36.0 Å². The van der Waals surface area contributed by atoms with Crippen LogP contribution in [0.15, 0.2) is 60.9 Å². The van der Waals surface area contributed by atoms with Gasteiger partial charge in [-0.3, -0.25) is 4.79 Å². The molecular formula is C37H47F5N6O3. The third-order valence-corrected chi connectivity index (χ3v) is 7.90. The number of piperidine rings is 2. The van der Waals surface area contributed by atoms with E-state index >= 15 is 0 Å². The molecule has 2 aliphatic heterocycles. The van der Waals surface area contributed by atoms with Crippen LogP contribution in [0.5, 0.6) is 0 Å². The van der Waals surface area contributed by atoms with E-state index in [0.717, 1.165) is 85.0 Å². The van der Waals surface area contributed by atoms with Gasteiger partial charge in [0.2, 0.25) is 6.29 Å². The zero-order valence-corrected chi connectivity index (χ0v) is 29.4. The summed E-state index contributed by atoms with van der Waals surface area (Å²) in [6.07, 6.45) is 0.980. The van der Waals surface area contributed by atoms with E-state index < -0.39 is 18.1 Å². The molecule has 0 spiro atoms. The summed E-state index contributed by atoms with van der Waals surface area (Å²) in [5, 5.41) is 6.63. The Morgan fingerprint density at radius 3 is 1.67 bits per heavy atom. The maximum atomic E-state index is 13.6. The molecule has 0 atom stereocenters. The lowest BCUT2D eigenvalue weighted by molar-refractivity contribution is -0.156. The van der Waals surface area contributed by atoms with E-state index in [0.29, 0.717) is 6.90 Å². The summed E-state index contributed by atoms with van der Waals surface area (Å²) in [7, 11) is 0. The molecule has 2 fully saturated rings. The summed E-state index contributed by atoms with van der Waals surface area (Å²) in [4.78, 5) is 33.8. The van der Waals surface area contributed by atoms with Crippen molar-refractivity contribution in [3.05, 3.63) is 72.6 Å². The number of rotatable bonds is 3. The molecule has 14 heteroatoms. The quantitative estimate of drug-likeness (QED) is 0.162. The zero-order chi connectivity index (χ0) is 38.5. The Morgan fingerprint density at radius 2 is 1.27 bits per heavy atom. The molecule has 51 heavy (non-hydrogen) atoms. The van der Waals surface area contributed by atoms with Crippen molar-refractivity contribution in [1.82, 2.24) is 15.3 Å². The topological polar surface area (TPSA) is 114 Å². The maximum Gasteiger partial charge on any atom is 0.446 e. The summed E-state index contributed by atoms with van der Waals surface area (Å²) < 4.78 is 69.8. The highest BCUT2D eigenvalue weighted by Gasteiger charge is 2.26. The second-order valence-corrected chi connectivity index (χ2v) is 12.9. The van der Waals surface area contributed by atoms with Crippen LogP contribution in [0.1, 0.15) is 61.6 Å². The standard InChI is InChI=1S/C19H24FN3O2.C14H16FN3.C2HF3O.C2H6/c1-19(2,3)25-18(24)22-15-7-10-23(11-8-15)17-16-12-14(20)5-4-13(16)6-9-21-17;15-11-2-1-10-3-6-17-14(13(10)9-11)18-7-4-12(16)5-8-18;3-2(4,5)1-6;1-2/h4-6,9,12,15H,7-8,10-11H2,1-3H3,(H,22,24);1-3,6,9,12H,4-5,7-8,16H2;1H;1-2H3/i;;;1D. The lowest BCUT2D eigenvalue weighted by Crippen LogP contribution is -2.46. The van der Waals surface area contributed by atoms with Crippen molar-refractivity contribution in [3.63, 3.8) is 0 Å². The summed E-state index contributed by atoms with van der Waals surface area (Å²) in [5.74, 6) is 1.19. The van der Waals surface area contributed by atoms with E-state index in [1.807, 2.05) is 32.9 Å². The molecule has 2 saturated heterocycles. The van der Waals surface area contributed by atoms with E-state index in [4.69, 9.17) is 16.6 Å². The molecule has 278 valence electrons. The Kier molecular flexibility index (Phi) is 14.3. The lowest BCUT2D eigenvalue weighted by Gasteiger charge is -2.34. The molecule has 2 aliphatic rings. The number of aldehydes is 1. The number of pyridine rings is 2. The Balaban J connectivity index is 0.000000235. The number of amides is 1. The number of carbonyl (C=O) groups is 2. The second kappa shape index (κ2) is 18.6. The van der Waals surface area contributed by atoms with Crippen LogP contribution in [0, 0.1) is 11.6 Å². The molecule has 4 aromatic rings. The fourth-order valence-electron chi connectivity index (χ4n) is 5.58.